The van der Waals surface area contributed by atoms with E-state index >= 15 is 0 Å². The summed E-state index contributed by atoms with van der Waals surface area (Å²) in [5.41, 5.74) is 9.85. The summed E-state index contributed by atoms with van der Waals surface area (Å²) < 4.78 is 0. The Labute approximate surface area is 77.9 Å². The largest absolute Gasteiger partial charge is 2.00 e. The van der Waals surface area contributed by atoms with Crippen molar-refractivity contribution in [2.24, 2.45) is 11.5 Å². The van der Waals surface area contributed by atoms with E-state index in [4.69, 9.17) is 11.5 Å². The van der Waals surface area contributed by atoms with Crippen LogP contribution in [0.15, 0.2) is 0 Å². The normalized spacial score (nSPS) is 6.67. The van der Waals surface area contributed by atoms with Gasteiger partial charge in [-0.15, -0.1) is 0 Å². The molecule has 0 bridgehead atoms. The predicted octanol–water partition coefficient (Wildman–Crippen LogP) is -1.02. The fourth-order valence-corrected chi connectivity index (χ4v) is 0. The van der Waals surface area contributed by atoms with Gasteiger partial charge in [-0.05, 0) is 13.1 Å². The van der Waals surface area contributed by atoms with Crippen LogP contribution in [0.1, 0.15) is 0 Å². The smallest absolute Gasteiger partial charge is 0.791 e. The van der Waals surface area contributed by atoms with Crippen LogP contribution < -0.4 is 11.5 Å². The van der Waals surface area contributed by atoms with Crippen molar-refractivity contribution in [2.75, 3.05) is 24.6 Å². The Bertz CT molecular complexity index is 24.5. The zero-order valence-electron chi connectivity index (χ0n) is 5.12. The van der Waals surface area contributed by atoms with Gasteiger partial charge in [0.25, 0.3) is 0 Å². The number of hydrogen-bond donors (Lipinski definition) is 2. The Hall–Kier alpha value is 1.11. The quantitative estimate of drug-likeness (QED) is 0.453. The number of hydrogen-bond acceptors (Lipinski definition) is 4. The molecule has 0 aliphatic heterocycles. The van der Waals surface area contributed by atoms with E-state index in [2.05, 4.69) is 25.3 Å². The molecule has 0 aromatic rings. The molecule has 60 valence electrons. The third-order valence-electron chi connectivity index (χ3n) is 0.236. The van der Waals surface area contributed by atoms with Crippen molar-refractivity contribution >= 4 is 25.3 Å². The molecule has 0 saturated heterocycles. The Morgan fingerprint density at radius 3 is 1.00 bits per heavy atom. The Morgan fingerprint density at radius 2 is 1.00 bits per heavy atom. The average molecular weight is 211 g/mol. The van der Waals surface area contributed by atoms with E-state index in [1.165, 1.54) is 0 Å². The molecule has 0 amide bonds. The molecule has 0 aromatic heterocycles. The van der Waals surface area contributed by atoms with Crippen molar-refractivity contribution in [1.82, 2.24) is 0 Å². The van der Waals surface area contributed by atoms with Gasteiger partial charge < -0.3 is 36.7 Å². The summed E-state index contributed by atoms with van der Waals surface area (Å²) in [6.45, 7) is 1.27. The third-order valence-corrected chi connectivity index (χ3v) is 0.707. The standard InChI is InChI=1S/2C2H7NS.Ni/c2*3-1-2-4;/h2*4H,1-3H2;/q;;+2/p-2. The van der Waals surface area contributed by atoms with Gasteiger partial charge in [0.2, 0.25) is 0 Å². The zero-order chi connectivity index (χ0) is 6.83. The molecule has 0 aromatic carbocycles. The van der Waals surface area contributed by atoms with Crippen LogP contribution >= 0.6 is 0 Å². The minimum atomic E-state index is 0. The minimum Gasteiger partial charge on any atom is -0.791 e. The summed E-state index contributed by atoms with van der Waals surface area (Å²) in [7, 11) is 0. The molecule has 0 spiro atoms. The van der Waals surface area contributed by atoms with Crippen molar-refractivity contribution in [3.63, 3.8) is 0 Å². The zero-order valence-corrected chi connectivity index (χ0v) is 7.74. The molecule has 2 nitrogen and oxygen atoms in total. The van der Waals surface area contributed by atoms with Gasteiger partial charge in [0.05, 0.1) is 0 Å². The van der Waals surface area contributed by atoms with Gasteiger partial charge in [0, 0.05) is 0 Å². The van der Waals surface area contributed by atoms with Gasteiger partial charge in [0.1, 0.15) is 0 Å². The molecule has 0 aliphatic carbocycles. The minimum absolute atomic E-state index is 0. The summed E-state index contributed by atoms with van der Waals surface area (Å²) >= 11 is 8.86. The van der Waals surface area contributed by atoms with Crippen LogP contribution in [0.5, 0.6) is 0 Å². The van der Waals surface area contributed by atoms with E-state index in [0.29, 0.717) is 24.6 Å². The maximum absolute atomic E-state index is 4.92. The second kappa shape index (κ2) is 22.9. The van der Waals surface area contributed by atoms with E-state index in [0.717, 1.165) is 0 Å². The first kappa shape index (κ1) is 16.6. The SMILES string of the molecule is NCC[S-].NCC[S-].[Ni+2]. The third kappa shape index (κ3) is 47.6. The molecule has 0 atom stereocenters. The second-order valence-corrected chi connectivity index (χ2v) is 1.80. The van der Waals surface area contributed by atoms with Crippen molar-refractivity contribution in [3.05, 3.63) is 0 Å². The van der Waals surface area contributed by atoms with Crippen molar-refractivity contribution in [3.8, 4) is 0 Å². The molecule has 0 rings (SSSR count). The van der Waals surface area contributed by atoms with Crippen LogP contribution in [0.4, 0.5) is 0 Å². The number of nitrogens with two attached hydrogens (primary N) is 2. The van der Waals surface area contributed by atoms with E-state index in [-0.39, 0.29) is 16.5 Å². The van der Waals surface area contributed by atoms with Crippen LogP contribution in [-0.2, 0) is 41.7 Å². The Morgan fingerprint density at radius 1 is 0.889 bits per heavy atom. The molecular formula is C4H12N2NiS2. The fourth-order valence-electron chi connectivity index (χ4n) is 0. The molecule has 0 radical (unpaired) electrons. The molecule has 0 saturated carbocycles. The van der Waals surface area contributed by atoms with Crippen LogP contribution in [0, 0.1) is 0 Å². The maximum atomic E-state index is 4.92. The van der Waals surface area contributed by atoms with Gasteiger partial charge >= 0.3 is 16.5 Å². The van der Waals surface area contributed by atoms with Gasteiger partial charge in [-0.3, -0.25) is 0 Å². The van der Waals surface area contributed by atoms with E-state index in [1.54, 1.807) is 0 Å². The molecule has 0 unspecified atom stereocenters. The fraction of sp³-hybridized carbons (Fsp3) is 1.00. The summed E-state index contributed by atoms with van der Waals surface area (Å²) in [5.74, 6) is 1.36. The van der Waals surface area contributed by atoms with E-state index in [9.17, 15) is 0 Å². The monoisotopic (exact) mass is 210 g/mol. The first-order valence-corrected chi connectivity index (χ1v) is 3.55. The molecule has 0 fully saturated rings. The molecule has 5 heteroatoms. The summed E-state index contributed by atoms with van der Waals surface area (Å²) in [6.07, 6.45) is 0. The Balaban J connectivity index is -0.0000000720. The first-order valence-electron chi connectivity index (χ1n) is 2.39. The van der Waals surface area contributed by atoms with Crippen molar-refractivity contribution in [1.29, 1.82) is 0 Å². The average Bonchev–Trinajstić information content (AvgIpc) is 1.88. The second-order valence-electron chi connectivity index (χ2n) is 0.986. The van der Waals surface area contributed by atoms with Crippen LogP contribution in [0.3, 0.4) is 0 Å². The molecular weight excluding hydrogens is 199 g/mol. The van der Waals surface area contributed by atoms with Crippen molar-refractivity contribution in [2.45, 2.75) is 0 Å². The molecule has 9 heavy (non-hydrogen) atoms. The topological polar surface area (TPSA) is 52.0 Å². The van der Waals surface area contributed by atoms with Crippen LogP contribution in [-0.4, -0.2) is 24.6 Å². The summed E-state index contributed by atoms with van der Waals surface area (Å²) in [5, 5.41) is 0. The van der Waals surface area contributed by atoms with Gasteiger partial charge in [-0.25, -0.2) is 0 Å². The predicted molar refractivity (Wildman–Crippen MR) is 42.6 cm³/mol. The van der Waals surface area contributed by atoms with Crippen molar-refractivity contribution < 1.29 is 16.5 Å². The Kier molecular flexibility index (Phi) is 42.3. The van der Waals surface area contributed by atoms with E-state index < -0.39 is 0 Å². The summed E-state index contributed by atoms with van der Waals surface area (Å²) in [4.78, 5) is 0. The van der Waals surface area contributed by atoms with Gasteiger partial charge in [-0.2, -0.15) is 11.5 Å². The van der Waals surface area contributed by atoms with Gasteiger partial charge in [0.15, 0.2) is 0 Å². The first-order chi connectivity index (χ1) is 3.83. The molecule has 0 aliphatic rings. The van der Waals surface area contributed by atoms with E-state index in [1.807, 2.05) is 0 Å². The van der Waals surface area contributed by atoms with Crippen LogP contribution in [0.2, 0.25) is 0 Å². The molecule has 4 N–H and O–H groups in total. The van der Waals surface area contributed by atoms with Crippen LogP contribution in [0.25, 0.3) is 0 Å². The van der Waals surface area contributed by atoms with Gasteiger partial charge in [-0.1, -0.05) is 0 Å². The number of rotatable bonds is 2. The maximum Gasteiger partial charge on any atom is 2.00 e. The summed E-state index contributed by atoms with van der Waals surface area (Å²) in [6, 6.07) is 0. The molecule has 0 heterocycles.